The molecule has 6 nitrogen and oxygen atoms in total. The first-order valence-electron chi connectivity index (χ1n) is 7.14. The number of hydrogen-bond acceptors (Lipinski definition) is 7. The Balaban J connectivity index is 1.71. The summed E-state index contributed by atoms with van der Waals surface area (Å²) < 4.78 is 6.05. The Kier molecular flexibility index (Phi) is 4.63. The first-order chi connectivity index (χ1) is 11.1. The van der Waals surface area contributed by atoms with Crippen LogP contribution in [0.5, 0.6) is 0 Å². The number of fused-ring (bicyclic) bond motifs is 1. The number of carbonyl (C=O) groups excluding carboxylic acids is 2. The summed E-state index contributed by atoms with van der Waals surface area (Å²) in [6, 6.07) is 5.57. The number of nitrogens with zero attached hydrogens (tertiary/aromatic N) is 2. The van der Waals surface area contributed by atoms with Gasteiger partial charge in [0.05, 0.1) is 5.56 Å². The van der Waals surface area contributed by atoms with Crippen molar-refractivity contribution in [3.63, 3.8) is 0 Å². The van der Waals surface area contributed by atoms with E-state index < -0.39 is 12.1 Å². The van der Waals surface area contributed by atoms with Crippen LogP contribution in [0.15, 0.2) is 22.5 Å². The van der Waals surface area contributed by atoms with Crippen LogP contribution in [0.25, 0.3) is 0 Å². The number of aryl methyl sites for hydroxylation is 1. The van der Waals surface area contributed by atoms with Crippen LogP contribution in [0.4, 0.5) is 5.13 Å². The molecule has 8 heteroatoms. The predicted octanol–water partition coefficient (Wildman–Crippen LogP) is 2.68. The van der Waals surface area contributed by atoms with Crippen molar-refractivity contribution in [2.24, 2.45) is 0 Å². The summed E-state index contributed by atoms with van der Waals surface area (Å²) >= 11 is 2.87. The summed E-state index contributed by atoms with van der Waals surface area (Å²) in [4.78, 5) is 24.4. The number of aromatic nitrogens is 2. The topological polar surface area (TPSA) is 81.2 Å². The Morgan fingerprint density at radius 2 is 2.30 bits per heavy atom. The van der Waals surface area contributed by atoms with E-state index in [-0.39, 0.29) is 5.91 Å². The number of carbonyl (C=O) groups is 2. The van der Waals surface area contributed by atoms with Crippen LogP contribution in [0, 0.1) is 6.92 Å². The highest BCUT2D eigenvalue weighted by atomic mass is 32.2. The van der Waals surface area contributed by atoms with Gasteiger partial charge in [-0.15, -0.1) is 10.2 Å². The second-order valence-corrected chi connectivity index (χ2v) is 7.54. The third-order valence-electron chi connectivity index (χ3n) is 3.34. The van der Waals surface area contributed by atoms with Gasteiger partial charge < -0.3 is 4.74 Å². The molecular formula is C15H15N3O3S2. The second kappa shape index (κ2) is 6.67. The van der Waals surface area contributed by atoms with Crippen LogP contribution in [0.3, 0.4) is 0 Å². The van der Waals surface area contributed by atoms with Gasteiger partial charge in [-0.1, -0.05) is 47.7 Å². The molecule has 1 N–H and O–H groups in total. The molecule has 0 spiro atoms. The highest BCUT2D eigenvalue weighted by Gasteiger charge is 2.31. The maximum Gasteiger partial charge on any atom is 0.339 e. The minimum atomic E-state index is -0.844. The maximum atomic E-state index is 12.3. The molecule has 1 unspecified atom stereocenters. The van der Waals surface area contributed by atoms with Gasteiger partial charge in [-0.3, -0.25) is 10.1 Å². The number of ether oxygens (including phenoxy) is 1. The van der Waals surface area contributed by atoms with Gasteiger partial charge in [0.15, 0.2) is 10.4 Å². The summed E-state index contributed by atoms with van der Waals surface area (Å²) in [6.45, 7) is 3.93. The fourth-order valence-corrected chi connectivity index (χ4v) is 3.92. The van der Waals surface area contributed by atoms with Crippen molar-refractivity contribution in [1.82, 2.24) is 10.2 Å². The standard InChI is InChI=1S/C15H15N3O3S2/c1-3-22-15-18-17-14(23-15)16-12(19)11-7-9-5-4-8(2)6-10(9)13(20)21-11/h4-6,11H,3,7H2,1-2H3,(H,16,17,19). The van der Waals surface area contributed by atoms with E-state index in [0.717, 1.165) is 21.2 Å². The molecule has 3 rings (SSSR count). The minimum absolute atomic E-state index is 0.364. The zero-order chi connectivity index (χ0) is 16.4. The van der Waals surface area contributed by atoms with Crippen molar-refractivity contribution >= 4 is 40.1 Å². The lowest BCUT2D eigenvalue weighted by Gasteiger charge is -2.23. The van der Waals surface area contributed by atoms with Crippen LogP contribution >= 0.6 is 23.1 Å². The zero-order valence-electron chi connectivity index (χ0n) is 12.7. The number of cyclic esters (lactones) is 1. The summed E-state index contributed by atoms with van der Waals surface area (Å²) in [5, 5.41) is 11.0. The van der Waals surface area contributed by atoms with Crippen molar-refractivity contribution in [2.75, 3.05) is 11.1 Å². The molecule has 23 heavy (non-hydrogen) atoms. The third-order valence-corrected chi connectivity index (χ3v) is 5.19. The number of rotatable bonds is 4. The Labute approximate surface area is 141 Å². The van der Waals surface area contributed by atoms with Crippen LogP contribution < -0.4 is 5.32 Å². The van der Waals surface area contributed by atoms with Crippen LogP contribution in [-0.4, -0.2) is 33.9 Å². The summed E-state index contributed by atoms with van der Waals surface area (Å²) in [7, 11) is 0. The fourth-order valence-electron chi connectivity index (χ4n) is 2.27. The average Bonchev–Trinajstić information content (AvgIpc) is 2.95. The van der Waals surface area contributed by atoms with Gasteiger partial charge in [0.1, 0.15) is 0 Å². The molecule has 0 fully saturated rings. The van der Waals surface area contributed by atoms with Gasteiger partial charge in [0, 0.05) is 6.42 Å². The first-order valence-corrected chi connectivity index (χ1v) is 8.94. The Bertz CT molecular complexity index is 760. The van der Waals surface area contributed by atoms with E-state index in [1.165, 1.54) is 11.3 Å². The van der Waals surface area contributed by atoms with Gasteiger partial charge in [0.25, 0.3) is 5.91 Å². The van der Waals surface area contributed by atoms with Crippen molar-refractivity contribution in [3.8, 4) is 0 Å². The molecule has 1 aliphatic heterocycles. The lowest BCUT2D eigenvalue weighted by molar-refractivity contribution is -0.125. The number of thioether (sulfide) groups is 1. The quantitative estimate of drug-likeness (QED) is 0.519. The van der Waals surface area contributed by atoms with Crippen molar-refractivity contribution in [1.29, 1.82) is 0 Å². The second-order valence-electron chi connectivity index (χ2n) is 5.05. The number of benzene rings is 1. The molecule has 2 aromatic rings. The molecule has 1 aromatic heterocycles. The molecule has 0 saturated carbocycles. The highest BCUT2D eigenvalue weighted by Crippen LogP contribution is 2.26. The zero-order valence-corrected chi connectivity index (χ0v) is 14.3. The van der Waals surface area contributed by atoms with Crippen LogP contribution in [0.1, 0.15) is 28.4 Å². The Hall–Kier alpha value is -1.93. The normalized spacial score (nSPS) is 16.6. The van der Waals surface area contributed by atoms with Gasteiger partial charge in [0.2, 0.25) is 5.13 Å². The average molecular weight is 349 g/mol. The molecule has 0 aliphatic carbocycles. The van der Waals surface area contributed by atoms with Gasteiger partial charge in [-0.25, -0.2) is 4.79 Å². The molecule has 2 heterocycles. The number of esters is 1. The number of amides is 1. The SMILES string of the molecule is CCSc1nnc(NC(=O)C2Cc3ccc(C)cc3C(=O)O2)s1. The molecule has 0 saturated heterocycles. The lowest BCUT2D eigenvalue weighted by atomic mass is 9.96. The third kappa shape index (κ3) is 3.53. The highest BCUT2D eigenvalue weighted by molar-refractivity contribution is 8.01. The van der Waals surface area contributed by atoms with Crippen molar-refractivity contribution in [2.45, 2.75) is 30.7 Å². The minimum Gasteiger partial charge on any atom is -0.448 e. The molecule has 1 atom stereocenters. The molecule has 0 radical (unpaired) electrons. The summed E-state index contributed by atoms with van der Waals surface area (Å²) in [5.41, 5.74) is 2.34. The monoisotopic (exact) mass is 349 g/mol. The van der Waals surface area contributed by atoms with E-state index in [9.17, 15) is 9.59 Å². The van der Waals surface area contributed by atoms with E-state index in [4.69, 9.17) is 4.74 Å². The van der Waals surface area contributed by atoms with E-state index >= 15 is 0 Å². The summed E-state index contributed by atoms with van der Waals surface area (Å²) in [6.07, 6.45) is -0.480. The van der Waals surface area contributed by atoms with E-state index in [0.29, 0.717) is 17.1 Å². The van der Waals surface area contributed by atoms with Crippen molar-refractivity contribution < 1.29 is 14.3 Å². The Morgan fingerprint density at radius 3 is 3.09 bits per heavy atom. The molecule has 0 bridgehead atoms. The largest absolute Gasteiger partial charge is 0.448 e. The molecule has 1 aliphatic rings. The fraction of sp³-hybridized carbons (Fsp3) is 0.333. The van der Waals surface area contributed by atoms with E-state index in [1.807, 2.05) is 26.0 Å². The number of hydrogen-bond donors (Lipinski definition) is 1. The summed E-state index contributed by atoms with van der Waals surface area (Å²) in [5.74, 6) is 0.0438. The lowest BCUT2D eigenvalue weighted by Crippen LogP contribution is -2.38. The van der Waals surface area contributed by atoms with Gasteiger partial charge in [-0.2, -0.15) is 0 Å². The molecule has 1 amide bonds. The van der Waals surface area contributed by atoms with Crippen LogP contribution in [0.2, 0.25) is 0 Å². The smallest absolute Gasteiger partial charge is 0.339 e. The first kappa shape index (κ1) is 15.9. The molecular weight excluding hydrogens is 334 g/mol. The molecule has 1 aromatic carbocycles. The van der Waals surface area contributed by atoms with E-state index in [1.54, 1.807) is 17.8 Å². The van der Waals surface area contributed by atoms with E-state index in [2.05, 4.69) is 15.5 Å². The predicted molar refractivity (Wildman–Crippen MR) is 89.0 cm³/mol. The number of anilines is 1. The number of nitrogens with one attached hydrogen (secondary N) is 1. The Morgan fingerprint density at radius 1 is 1.48 bits per heavy atom. The van der Waals surface area contributed by atoms with Crippen LogP contribution in [-0.2, 0) is 16.0 Å². The van der Waals surface area contributed by atoms with Gasteiger partial charge >= 0.3 is 5.97 Å². The molecule has 120 valence electrons. The van der Waals surface area contributed by atoms with Gasteiger partial charge in [-0.05, 0) is 24.3 Å². The maximum absolute atomic E-state index is 12.3. The van der Waals surface area contributed by atoms with Crippen molar-refractivity contribution in [3.05, 3.63) is 34.9 Å².